The highest BCUT2D eigenvalue weighted by Crippen LogP contribution is 2.27. The van der Waals surface area contributed by atoms with E-state index in [4.69, 9.17) is 18.6 Å². The lowest BCUT2D eigenvalue weighted by atomic mass is 10.2. The first-order chi connectivity index (χ1) is 14.5. The topological polar surface area (TPSA) is 99.4 Å². The molecular formula is C21H19BrN2O6. The van der Waals surface area contributed by atoms with E-state index in [1.54, 1.807) is 37.3 Å². The van der Waals surface area contributed by atoms with Gasteiger partial charge in [-0.2, -0.15) is 5.10 Å². The van der Waals surface area contributed by atoms with Crippen LogP contribution in [0.4, 0.5) is 0 Å². The molecule has 3 rings (SSSR count). The molecule has 0 spiro atoms. The largest absolute Gasteiger partial charge is 0.493 e. The number of amides is 1. The van der Waals surface area contributed by atoms with Crippen LogP contribution in [0.3, 0.4) is 0 Å². The number of nitrogens with one attached hydrogen (secondary N) is 1. The van der Waals surface area contributed by atoms with Gasteiger partial charge < -0.3 is 18.6 Å². The summed E-state index contributed by atoms with van der Waals surface area (Å²) in [5.74, 6) is 0.0175. The Hall–Kier alpha value is -3.33. The Morgan fingerprint density at radius 1 is 1.17 bits per heavy atom. The number of nitrogens with zero attached hydrogens (tertiary/aromatic N) is 1. The minimum atomic E-state index is -0.472. The number of carbonyl (C=O) groups excluding carboxylic acids is 2. The number of ether oxygens (including phenoxy) is 3. The van der Waals surface area contributed by atoms with Gasteiger partial charge in [0.1, 0.15) is 5.58 Å². The van der Waals surface area contributed by atoms with Gasteiger partial charge >= 0.3 is 11.9 Å². The monoisotopic (exact) mass is 474 g/mol. The van der Waals surface area contributed by atoms with Crippen LogP contribution in [0, 0.1) is 0 Å². The smallest absolute Gasteiger partial charge is 0.344 e. The quantitative estimate of drug-likeness (QED) is 0.301. The predicted molar refractivity (Wildman–Crippen MR) is 114 cm³/mol. The third-order valence-electron chi connectivity index (χ3n) is 3.92. The van der Waals surface area contributed by atoms with Gasteiger partial charge in [-0.3, -0.25) is 4.79 Å². The Bertz CT molecular complexity index is 1090. The van der Waals surface area contributed by atoms with Crippen LogP contribution in [0.25, 0.3) is 11.0 Å². The molecule has 0 fully saturated rings. The summed E-state index contributed by atoms with van der Waals surface area (Å²) in [5.41, 5.74) is 3.68. The molecule has 0 unspecified atom stereocenters. The van der Waals surface area contributed by atoms with Crippen molar-refractivity contribution < 1.29 is 28.2 Å². The molecule has 1 amide bonds. The van der Waals surface area contributed by atoms with Gasteiger partial charge in [-0.15, -0.1) is 0 Å². The number of fused-ring (bicyclic) bond motifs is 1. The second kappa shape index (κ2) is 9.93. The van der Waals surface area contributed by atoms with Crippen molar-refractivity contribution >= 4 is 45.0 Å². The predicted octanol–water partition coefficient (Wildman–Crippen LogP) is 3.91. The van der Waals surface area contributed by atoms with E-state index in [9.17, 15) is 9.59 Å². The van der Waals surface area contributed by atoms with Crippen molar-refractivity contribution in [2.24, 2.45) is 5.10 Å². The molecule has 0 saturated heterocycles. The highest BCUT2D eigenvalue weighted by atomic mass is 79.9. The minimum Gasteiger partial charge on any atom is -0.493 e. The fourth-order valence-electron chi connectivity index (χ4n) is 2.57. The van der Waals surface area contributed by atoms with Gasteiger partial charge in [-0.25, -0.2) is 10.2 Å². The zero-order valence-electron chi connectivity index (χ0n) is 16.3. The molecule has 1 heterocycles. The Kier molecular flexibility index (Phi) is 7.08. The van der Waals surface area contributed by atoms with Crippen molar-refractivity contribution in [3.05, 3.63) is 58.3 Å². The minimum absolute atomic E-state index is 0.153. The number of esters is 1. The number of methoxy groups -OCH3 is 1. The molecule has 3 aromatic rings. The molecule has 0 aliphatic heterocycles. The van der Waals surface area contributed by atoms with E-state index < -0.39 is 11.9 Å². The fourth-order valence-corrected chi connectivity index (χ4v) is 2.95. The first-order valence-corrected chi connectivity index (χ1v) is 9.78. The number of furan rings is 1. The third-order valence-corrected chi connectivity index (χ3v) is 4.41. The van der Waals surface area contributed by atoms with E-state index >= 15 is 0 Å². The van der Waals surface area contributed by atoms with E-state index in [1.807, 2.05) is 12.1 Å². The zero-order chi connectivity index (χ0) is 21.5. The molecule has 1 N–H and O–H groups in total. The van der Waals surface area contributed by atoms with Gasteiger partial charge in [0.05, 0.1) is 19.9 Å². The summed E-state index contributed by atoms with van der Waals surface area (Å²) in [7, 11) is 1.48. The van der Waals surface area contributed by atoms with Crippen LogP contribution < -0.4 is 14.9 Å². The van der Waals surface area contributed by atoms with Crippen molar-refractivity contribution in [1.29, 1.82) is 0 Å². The van der Waals surface area contributed by atoms with Crippen molar-refractivity contribution in [3.8, 4) is 11.5 Å². The number of hydrogen-bond donors (Lipinski definition) is 1. The molecule has 0 atom stereocenters. The van der Waals surface area contributed by atoms with Crippen molar-refractivity contribution in [1.82, 2.24) is 5.43 Å². The summed E-state index contributed by atoms with van der Waals surface area (Å²) < 4.78 is 21.9. The second-order valence-electron chi connectivity index (χ2n) is 6.00. The van der Waals surface area contributed by atoms with Crippen LogP contribution in [-0.4, -0.2) is 38.4 Å². The molecule has 1 aromatic heterocycles. The molecule has 156 valence electrons. The summed E-state index contributed by atoms with van der Waals surface area (Å²) >= 11 is 3.38. The molecule has 0 aliphatic carbocycles. The molecule has 0 radical (unpaired) electrons. The summed E-state index contributed by atoms with van der Waals surface area (Å²) in [5, 5.41) is 4.75. The Morgan fingerprint density at radius 2 is 2.00 bits per heavy atom. The second-order valence-corrected chi connectivity index (χ2v) is 6.91. The summed E-state index contributed by atoms with van der Waals surface area (Å²) in [6.07, 6.45) is 1.45. The Morgan fingerprint density at radius 3 is 2.77 bits per heavy atom. The van der Waals surface area contributed by atoms with Crippen molar-refractivity contribution in [3.63, 3.8) is 0 Å². The fraction of sp³-hybridized carbons (Fsp3) is 0.190. The zero-order valence-corrected chi connectivity index (χ0v) is 17.9. The van der Waals surface area contributed by atoms with Gasteiger partial charge in [0.15, 0.2) is 23.9 Å². The lowest BCUT2D eigenvalue weighted by molar-refractivity contribution is -0.145. The maximum absolute atomic E-state index is 12.3. The lowest BCUT2D eigenvalue weighted by Crippen LogP contribution is -2.16. The van der Waals surface area contributed by atoms with Gasteiger partial charge in [0, 0.05) is 9.86 Å². The van der Waals surface area contributed by atoms with Gasteiger partial charge in [-0.05, 0) is 55.0 Å². The molecule has 30 heavy (non-hydrogen) atoms. The van der Waals surface area contributed by atoms with Gasteiger partial charge in [-0.1, -0.05) is 15.9 Å². The Balaban J connectivity index is 1.63. The number of hydrogen-bond acceptors (Lipinski definition) is 7. The standard InChI is InChI=1S/C21H19BrN2O6/c1-3-28-20(25)12-29-17-6-4-13(8-18(17)27-2)11-23-24-21(26)19-10-14-9-15(22)5-7-16(14)30-19/h4-11H,3,12H2,1-2H3,(H,24,26)/b23-11+. The van der Waals surface area contributed by atoms with Gasteiger partial charge in [0.2, 0.25) is 0 Å². The molecule has 0 aliphatic rings. The van der Waals surface area contributed by atoms with Crippen LogP contribution >= 0.6 is 15.9 Å². The number of rotatable bonds is 8. The average Bonchev–Trinajstić information content (AvgIpc) is 3.16. The van der Waals surface area contributed by atoms with E-state index in [1.165, 1.54) is 13.3 Å². The third kappa shape index (κ3) is 5.38. The molecule has 8 nitrogen and oxygen atoms in total. The first-order valence-electron chi connectivity index (χ1n) is 8.99. The number of benzene rings is 2. The van der Waals surface area contributed by atoms with Crippen LogP contribution in [0.2, 0.25) is 0 Å². The van der Waals surface area contributed by atoms with E-state index in [-0.39, 0.29) is 19.0 Å². The van der Waals surface area contributed by atoms with Crippen molar-refractivity contribution in [2.75, 3.05) is 20.3 Å². The van der Waals surface area contributed by atoms with Gasteiger partial charge in [0.25, 0.3) is 0 Å². The average molecular weight is 475 g/mol. The number of hydrazone groups is 1. The number of carbonyl (C=O) groups is 2. The highest BCUT2D eigenvalue weighted by molar-refractivity contribution is 9.10. The van der Waals surface area contributed by atoms with Crippen LogP contribution in [0.15, 0.2) is 56.5 Å². The summed E-state index contributed by atoms with van der Waals surface area (Å²) in [6.45, 7) is 1.78. The maximum Gasteiger partial charge on any atom is 0.344 e. The van der Waals surface area contributed by atoms with Crippen LogP contribution in [0.5, 0.6) is 11.5 Å². The summed E-state index contributed by atoms with van der Waals surface area (Å²) in [6, 6.07) is 12.1. The molecule has 2 aromatic carbocycles. The van der Waals surface area contributed by atoms with E-state index in [2.05, 4.69) is 26.5 Å². The van der Waals surface area contributed by atoms with Crippen LogP contribution in [0.1, 0.15) is 23.0 Å². The highest BCUT2D eigenvalue weighted by Gasteiger charge is 2.12. The molecular weight excluding hydrogens is 456 g/mol. The Labute approximate surface area is 180 Å². The molecule has 9 heteroatoms. The van der Waals surface area contributed by atoms with Crippen LogP contribution in [-0.2, 0) is 9.53 Å². The number of halogens is 1. The molecule has 0 saturated carbocycles. The lowest BCUT2D eigenvalue weighted by Gasteiger charge is -2.10. The first kappa shape index (κ1) is 21.4. The SMILES string of the molecule is CCOC(=O)COc1ccc(/C=N/NC(=O)c2cc3cc(Br)ccc3o2)cc1OC. The normalized spacial score (nSPS) is 10.9. The maximum atomic E-state index is 12.3. The van der Waals surface area contributed by atoms with Crippen molar-refractivity contribution in [2.45, 2.75) is 6.92 Å². The van der Waals surface area contributed by atoms with E-state index in [0.717, 1.165) is 9.86 Å². The molecule has 0 bridgehead atoms. The van der Waals surface area contributed by atoms with E-state index in [0.29, 0.717) is 22.6 Å². The summed E-state index contributed by atoms with van der Waals surface area (Å²) in [4.78, 5) is 23.7.